The quantitative estimate of drug-likeness (QED) is 0.621. The van der Waals surface area contributed by atoms with E-state index < -0.39 is 0 Å². The summed E-state index contributed by atoms with van der Waals surface area (Å²) in [7, 11) is 4.44. The zero-order valence-electron chi connectivity index (χ0n) is 13.6. The first-order valence-corrected chi connectivity index (χ1v) is 8.77. The van der Waals surface area contributed by atoms with Crippen molar-refractivity contribution in [3.8, 4) is 23.3 Å². The maximum Gasteiger partial charge on any atom is 0.205 e. The lowest BCUT2D eigenvalue weighted by molar-refractivity contribution is 0.104. The molecule has 0 atom stereocenters. The number of thioether (sulfide) groups is 1. The van der Waals surface area contributed by atoms with Crippen LogP contribution in [0.4, 0.5) is 5.69 Å². The summed E-state index contributed by atoms with van der Waals surface area (Å²) >= 11 is 2.59. The average molecular weight is 364 g/mol. The molecule has 0 aliphatic heterocycles. The van der Waals surface area contributed by atoms with Crippen molar-refractivity contribution in [1.82, 2.24) is 0 Å². The number of hydrogen-bond acceptors (Lipinski definition) is 8. The van der Waals surface area contributed by atoms with Crippen molar-refractivity contribution in [1.29, 1.82) is 5.26 Å². The zero-order valence-corrected chi connectivity index (χ0v) is 15.3. The van der Waals surface area contributed by atoms with E-state index in [0.717, 1.165) is 0 Å². The lowest BCUT2D eigenvalue weighted by Crippen LogP contribution is -2.05. The van der Waals surface area contributed by atoms with Crippen molar-refractivity contribution in [2.45, 2.75) is 4.21 Å². The standard InChI is InChI=1S/C16H16N2O4S2/c1-20-10-5-8(6-11(21-2)14(10)22-3)13(19)15-12(18)9(7-17)16(23-4)24-15/h5-6H,18H2,1-4H3. The second-order valence-electron chi connectivity index (χ2n) is 4.57. The summed E-state index contributed by atoms with van der Waals surface area (Å²) in [5.41, 5.74) is 6.87. The molecule has 0 amide bonds. The maximum atomic E-state index is 12.9. The summed E-state index contributed by atoms with van der Waals surface area (Å²) in [5.74, 6) is 0.855. The highest BCUT2D eigenvalue weighted by Gasteiger charge is 2.24. The Balaban J connectivity index is 2.59. The number of carbonyl (C=O) groups is 1. The highest BCUT2D eigenvalue weighted by molar-refractivity contribution is 8.00. The fraction of sp³-hybridized carbons (Fsp3) is 0.250. The molecule has 1 aromatic heterocycles. The second kappa shape index (κ2) is 7.47. The molecule has 2 N–H and O–H groups in total. The van der Waals surface area contributed by atoms with Crippen LogP contribution < -0.4 is 19.9 Å². The molecule has 0 unspecified atom stereocenters. The number of nitrogens with two attached hydrogens (primary N) is 1. The van der Waals surface area contributed by atoms with Crippen molar-refractivity contribution >= 4 is 34.6 Å². The van der Waals surface area contributed by atoms with E-state index >= 15 is 0 Å². The summed E-state index contributed by atoms with van der Waals surface area (Å²) in [6, 6.07) is 5.17. The number of anilines is 1. The van der Waals surface area contributed by atoms with E-state index in [4.69, 9.17) is 19.9 Å². The molecule has 2 rings (SSSR count). The molecule has 0 spiro atoms. The molecule has 8 heteroatoms. The van der Waals surface area contributed by atoms with Gasteiger partial charge in [-0.1, -0.05) is 0 Å². The number of ether oxygens (including phenoxy) is 3. The summed E-state index contributed by atoms with van der Waals surface area (Å²) < 4.78 is 16.5. The summed E-state index contributed by atoms with van der Waals surface area (Å²) in [4.78, 5) is 13.2. The van der Waals surface area contributed by atoms with Crippen LogP contribution in [0.15, 0.2) is 16.3 Å². The molecule has 0 aliphatic rings. The minimum Gasteiger partial charge on any atom is -0.493 e. The Morgan fingerprint density at radius 3 is 2.17 bits per heavy atom. The van der Waals surface area contributed by atoms with Crippen molar-refractivity contribution in [2.24, 2.45) is 0 Å². The second-order valence-corrected chi connectivity index (χ2v) is 6.66. The smallest absolute Gasteiger partial charge is 0.205 e. The Hall–Kier alpha value is -2.37. The molecule has 1 aromatic carbocycles. The largest absolute Gasteiger partial charge is 0.493 e. The molecule has 0 fully saturated rings. The van der Waals surface area contributed by atoms with Gasteiger partial charge in [0.25, 0.3) is 0 Å². The summed E-state index contributed by atoms with van der Waals surface area (Å²) in [6.07, 6.45) is 1.83. The van der Waals surface area contributed by atoms with Gasteiger partial charge in [0.2, 0.25) is 11.5 Å². The number of hydrogen-bond donors (Lipinski definition) is 1. The third kappa shape index (κ3) is 3.00. The first-order valence-electron chi connectivity index (χ1n) is 6.73. The zero-order chi connectivity index (χ0) is 17.9. The summed E-state index contributed by atoms with van der Waals surface area (Å²) in [6.45, 7) is 0. The van der Waals surface area contributed by atoms with Gasteiger partial charge in [0.15, 0.2) is 11.5 Å². The number of benzene rings is 1. The maximum absolute atomic E-state index is 12.9. The van der Waals surface area contributed by atoms with Gasteiger partial charge in [0, 0.05) is 5.56 Å². The van der Waals surface area contributed by atoms with Gasteiger partial charge in [0.05, 0.1) is 31.2 Å². The van der Waals surface area contributed by atoms with Crippen LogP contribution >= 0.6 is 23.1 Å². The minimum atomic E-state index is -0.298. The van der Waals surface area contributed by atoms with Crippen molar-refractivity contribution in [2.75, 3.05) is 33.3 Å². The highest BCUT2D eigenvalue weighted by atomic mass is 32.2. The normalized spacial score (nSPS) is 10.1. The first-order chi connectivity index (χ1) is 11.5. The van der Waals surface area contributed by atoms with Crippen LogP contribution in [0.1, 0.15) is 20.8 Å². The topological polar surface area (TPSA) is 94.6 Å². The number of thiophene rings is 1. The van der Waals surface area contributed by atoms with Crippen LogP contribution in [-0.2, 0) is 0 Å². The number of nitrogen functional groups attached to an aromatic ring is 1. The van der Waals surface area contributed by atoms with E-state index in [1.807, 2.05) is 12.3 Å². The van der Waals surface area contributed by atoms with Crippen molar-refractivity contribution < 1.29 is 19.0 Å². The van der Waals surface area contributed by atoms with Gasteiger partial charge < -0.3 is 19.9 Å². The molecular weight excluding hydrogens is 348 g/mol. The Kier molecular flexibility index (Phi) is 5.59. The number of nitriles is 1. The van der Waals surface area contributed by atoms with E-state index in [0.29, 0.717) is 37.5 Å². The molecule has 0 radical (unpaired) electrons. The van der Waals surface area contributed by atoms with Crippen LogP contribution in [0.5, 0.6) is 17.2 Å². The molecule has 1 heterocycles. The molecule has 126 valence electrons. The molecule has 2 aromatic rings. The molecule has 6 nitrogen and oxygen atoms in total. The first kappa shape index (κ1) is 18.0. The highest BCUT2D eigenvalue weighted by Crippen LogP contribution is 2.41. The van der Waals surface area contributed by atoms with E-state index in [1.54, 1.807) is 12.1 Å². The van der Waals surface area contributed by atoms with Gasteiger partial charge in [0.1, 0.15) is 16.5 Å². The lowest BCUT2D eigenvalue weighted by atomic mass is 10.1. The average Bonchev–Trinajstić information content (AvgIpc) is 2.95. The third-order valence-electron chi connectivity index (χ3n) is 3.34. The Morgan fingerprint density at radius 2 is 1.79 bits per heavy atom. The van der Waals surface area contributed by atoms with Gasteiger partial charge >= 0.3 is 0 Å². The number of ketones is 1. The molecule has 0 aliphatic carbocycles. The fourth-order valence-corrected chi connectivity index (χ4v) is 3.99. The van der Waals surface area contributed by atoms with Gasteiger partial charge in [-0.2, -0.15) is 5.26 Å². The Bertz CT molecular complexity index is 799. The van der Waals surface area contributed by atoms with E-state index in [-0.39, 0.29) is 11.5 Å². The fourth-order valence-electron chi connectivity index (χ4n) is 2.18. The van der Waals surface area contributed by atoms with Crippen LogP contribution in [0.2, 0.25) is 0 Å². The van der Waals surface area contributed by atoms with Gasteiger partial charge in [-0.05, 0) is 18.4 Å². The minimum absolute atomic E-state index is 0.200. The van der Waals surface area contributed by atoms with Gasteiger partial charge in [-0.15, -0.1) is 23.1 Å². The number of rotatable bonds is 6. The number of methoxy groups -OCH3 is 3. The third-order valence-corrected chi connectivity index (χ3v) is 5.67. The molecular formula is C16H16N2O4S2. The predicted octanol–water partition coefficient (Wildman–Crippen LogP) is 3.18. The Morgan fingerprint density at radius 1 is 1.21 bits per heavy atom. The van der Waals surface area contributed by atoms with Crippen molar-refractivity contribution in [3.63, 3.8) is 0 Å². The van der Waals surface area contributed by atoms with Crippen LogP contribution in [0.3, 0.4) is 0 Å². The lowest BCUT2D eigenvalue weighted by Gasteiger charge is -2.13. The van der Waals surface area contributed by atoms with Crippen molar-refractivity contribution in [3.05, 3.63) is 28.1 Å². The predicted molar refractivity (Wildman–Crippen MR) is 94.8 cm³/mol. The van der Waals surface area contributed by atoms with E-state index in [9.17, 15) is 10.1 Å². The molecule has 24 heavy (non-hydrogen) atoms. The van der Waals surface area contributed by atoms with Crippen LogP contribution in [0, 0.1) is 11.3 Å². The van der Waals surface area contributed by atoms with Crippen LogP contribution in [0.25, 0.3) is 0 Å². The SMILES string of the molecule is COc1cc(C(=O)c2sc(SC)c(C#N)c2N)cc(OC)c1OC. The van der Waals surface area contributed by atoms with E-state index in [2.05, 4.69) is 0 Å². The number of carbonyl (C=O) groups excluding carboxylic acids is 1. The molecule has 0 saturated carbocycles. The van der Waals surface area contributed by atoms with Crippen LogP contribution in [-0.4, -0.2) is 33.4 Å². The number of nitrogens with zero attached hydrogens (tertiary/aromatic N) is 1. The monoisotopic (exact) mass is 364 g/mol. The van der Waals surface area contributed by atoms with Gasteiger partial charge in [-0.25, -0.2) is 0 Å². The molecule has 0 saturated heterocycles. The molecule has 0 bridgehead atoms. The van der Waals surface area contributed by atoms with E-state index in [1.165, 1.54) is 44.4 Å². The summed E-state index contributed by atoms with van der Waals surface area (Å²) in [5, 5.41) is 9.22. The van der Waals surface area contributed by atoms with Gasteiger partial charge in [-0.3, -0.25) is 4.79 Å². The Labute approximate surface area is 148 Å².